The molecule has 0 bridgehead atoms. The molecule has 35 heavy (non-hydrogen) atoms. The summed E-state index contributed by atoms with van der Waals surface area (Å²) < 4.78 is 27.7. The molecular weight excluding hydrogens is 531 g/mol. The monoisotopic (exact) mass is 558 g/mol. The van der Waals surface area contributed by atoms with Gasteiger partial charge in [0, 0.05) is 29.7 Å². The molecule has 1 atom stereocenters. The predicted molar refractivity (Wildman–Crippen MR) is 137 cm³/mol. The first kappa shape index (κ1) is 26.3. The van der Waals surface area contributed by atoms with Gasteiger partial charge in [0.2, 0.25) is 21.8 Å². The molecule has 1 aliphatic carbocycles. The minimum absolute atomic E-state index is 0.00785. The van der Waals surface area contributed by atoms with Crippen LogP contribution in [0, 0.1) is 12.8 Å². The van der Waals surface area contributed by atoms with Gasteiger partial charge in [-0.3, -0.25) is 9.59 Å². The molecule has 8 nitrogen and oxygen atoms in total. The fourth-order valence-electron chi connectivity index (χ4n) is 4.76. The van der Waals surface area contributed by atoms with Gasteiger partial charge in [-0.15, -0.1) is 11.3 Å². The molecule has 1 aromatic heterocycles. The van der Waals surface area contributed by atoms with E-state index in [0.717, 1.165) is 30.0 Å². The van der Waals surface area contributed by atoms with Gasteiger partial charge in [-0.05, 0) is 37.0 Å². The third-order valence-electron chi connectivity index (χ3n) is 6.68. The van der Waals surface area contributed by atoms with Crippen LogP contribution in [0.25, 0.3) is 0 Å². The first-order valence-corrected chi connectivity index (χ1v) is 14.7. The van der Waals surface area contributed by atoms with E-state index < -0.39 is 22.0 Å². The summed E-state index contributed by atoms with van der Waals surface area (Å²) in [6.45, 7) is 1.52. The topological polar surface area (TPSA) is 99.7 Å². The Morgan fingerprint density at radius 2 is 1.94 bits per heavy atom. The van der Waals surface area contributed by atoms with Crippen LogP contribution in [0.5, 0.6) is 0 Å². The van der Waals surface area contributed by atoms with Crippen molar-refractivity contribution >= 4 is 61.5 Å². The summed E-state index contributed by atoms with van der Waals surface area (Å²) >= 11 is 13.6. The van der Waals surface area contributed by atoms with Crippen molar-refractivity contribution in [3.8, 4) is 0 Å². The highest BCUT2D eigenvalue weighted by atomic mass is 35.5. The van der Waals surface area contributed by atoms with Crippen LogP contribution in [0.1, 0.15) is 44.1 Å². The van der Waals surface area contributed by atoms with Crippen molar-refractivity contribution in [2.24, 2.45) is 5.92 Å². The van der Waals surface area contributed by atoms with Crippen molar-refractivity contribution in [1.82, 2.24) is 14.2 Å². The fourth-order valence-corrected chi connectivity index (χ4v) is 7.47. The number of amides is 2. The van der Waals surface area contributed by atoms with Crippen molar-refractivity contribution in [2.75, 3.05) is 25.0 Å². The molecule has 1 saturated heterocycles. The quantitative estimate of drug-likeness (QED) is 0.536. The molecule has 0 spiro atoms. The van der Waals surface area contributed by atoms with Crippen molar-refractivity contribution in [3.05, 3.63) is 39.3 Å². The molecule has 0 radical (unpaired) electrons. The van der Waals surface area contributed by atoms with E-state index in [-0.39, 0.29) is 35.5 Å². The molecule has 1 aliphatic heterocycles. The first-order valence-electron chi connectivity index (χ1n) is 11.6. The second kappa shape index (κ2) is 11.1. The average Bonchev–Trinajstić information content (AvgIpc) is 3.33. The average molecular weight is 560 g/mol. The summed E-state index contributed by atoms with van der Waals surface area (Å²) in [4.78, 5) is 32.1. The molecule has 1 saturated carbocycles. The Balaban J connectivity index is 1.53. The number of aryl methyl sites for hydroxylation is 1. The lowest BCUT2D eigenvalue weighted by atomic mass is 9.84. The number of anilines is 1. The molecule has 4 rings (SSSR count). The zero-order chi connectivity index (χ0) is 25.2. The summed E-state index contributed by atoms with van der Waals surface area (Å²) in [7, 11) is -4.02. The van der Waals surface area contributed by atoms with Crippen molar-refractivity contribution in [3.63, 3.8) is 0 Å². The summed E-state index contributed by atoms with van der Waals surface area (Å²) in [5, 5.41) is 5.45. The zero-order valence-electron chi connectivity index (χ0n) is 19.4. The Morgan fingerprint density at radius 3 is 2.60 bits per heavy atom. The number of aromatic nitrogens is 1. The summed E-state index contributed by atoms with van der Waals surface area (Å²) in [6, 6.07) is 2.14. The number of hydrogen-bond donors (Lipinski definition) is 1. The zero-order valence-corrected chi connectivity index (χ0v) is 22.5. The second-order valence-electron chi connectivity index (χ2n) is 9.04. The van der Waals surface area contributed by atoms with E-state index in [2.05, 4.69) is 10.3 Å². The van der Waals surface area contributed by atoms with Crippen molar-refractivity contribution in [1.29, 1.82) is 0 Å². The third kappa shape index (κ3) is 5.99. The lowest BCUT2D eigenvalue weighted by molar-refractivity contribution is -0.142. The second-order valence-corrected chi connectivity index (χ2v) is 12.7. The van der Waals surface area contributed by atoms with Gasteiger partial charge in [0.15, 0.2) is 5.13 Å². The van der Waals surface area contributed by atoms with Crippen LogP contribution >= 0.6 is 34.5 Å². The molecule has 2 fully saturated rings. The van der Waals surface area contributed by atoms with E-state index in [4.69, 9.17) is 23.2 Å². The Kier molecular flexibility index (Phi) is 8.38. The standard InChI is InChI=1S/C23H28Cl2N4O4S2/c1-15-11-20(18(25)13-17(15)24)35(32,33)28-8-9-29(21(30)14-28)19(12-16-5-3-2-4-6-16)22(31)27-23-26-7-10-34-23/h7,10-11,13,16,19H,2-6,8-9,12,14H2,1H3,(H,26,27,31)/t19-/m0/s1. The number of sulfonamides is 1. The number of rotatable bonds is 7. The third-order valence-corrected chi connectivity index (χ3v) is 10.1. The minimum atomic E-state index is -4.02. The molecular formula is C23H28Cl2N4O4S2. The van der Waals surface area contributed by atoms with Crippen LogP contribution in [0.15, 0.2) is 28.6 Å². The van der Waals surface area contributed by atoms with Gasteiger partial charge >= 0.3 is 0 Å². The highest BCUT2D eigenvalue weighted by Gasteiger charge is 2.39. The Hall–Kier alpha value is -1.72. The van der Waals surface area contributed by atoms with Crippen LogP contribution in [-0.4, -0.2) is 60.1 Å². The smallest absolute Gasteiger partial charge is 0.248 e. The fraction of sp³-hybridized carbons (Fsp3) is 0.522. The Morgan fingerprint density at radius 1 is 1.20 bits per heavy atom. The van der Waals surface area contributed by atoms with Gasteiger partial charge in [-0.25, -0.2) is 13.4 Å². The van der Waals surface area contributed by atoms with Crippen LogP contribution in [0.3, 0.4) is 0 Å². The Labute approximate surface area is 219 Å². The molecule has 2 heterocycles. The maximum absolute atomic E-state index is 13.3. The van der Waals surface area contributed by atoms with Gasteiger partial charge in [-0.1, -0.05) is 55.3 Å². The van der Waals surface area contributed by atoms with E-state index in [1.165, 1.54) is 34.8 Å². The predicted octanol–water partition coefficient (Wildman–Crippen LogP) is 4.57. The van der Waals surface area contributed by atoms with E-state index in [0.29, 0.717) is 28.1 Å². The molecule has 2 aromatic rings. The summed E-state index contributed by atoms with van der Waals surface area (Å²) in [5.41, 5.74) is 0.575. The lowest BCUT2D eigenvalue weighted by Gasteiger charge is -2.39. The minimum Gasteiger partial charge on any atom is -0.328 e. The number of nitrogens with one attached hydrogen (secondary N) is 1. The number of thiazole rings is 1. The number of nitrogens with zero attached hydrogens (tertiary/aromatic N) is 3. The molecule has 190 valence electrons. The van der Waals surface area contributed by atoms with E-state index in [9.17, 15) is 18.0 Å². The number of benzene rings is 1. The SMILES string of the molecule is Cc1cc(S(=O)(=O)N2CCN([C@@H](CC3CCCCC3)C(=O)Nc3nccs3)C(=O)C2)c(Cl)cc1Cl. The van der Waals surface area contributed by atoms with E-state index in [1.54, 1.807) is 18.5 Å². The highest BCUT2D eigenvalue weighted by molar-refractivity contribution is 7.89. The van der Waals surface area contributed by atoms with Gasteiger partial charge in [-0.2, -0.15) is 4.31 Å². The number of carbonyl (C=O) groups is 2. The van der Waals surface area contributed by atoms with Gasteiger partial charge < -0.3 is 10.2 Å². The van der Waals surface area contributed by atoms with E-state index >= 15 is 0 Å². The molecule has 1 N–H and O–H groups in total. The van der Waals surface area contributed by atoms with Crippen LogP contribution in [0.2, 0.25) is 10.0 Å². The molecule has 12 heteroatoms. The molecule has 2 aliphatic rings. The number of hydrogen-bond acceptors (Lipinski definition) is 6. The van der Waals surface area contributed by atoms with Crippen molar-refractivity contribution < 1.29 is 18.0 Å². The largest absolute Gasteiger partial charge is 0.328 e. The van der Waals surface area contributed by atoms with E-state index in [1.807, 2.05) is 0 Å². The normalized spacial score (nSPS) is 19.1. The Bertz CT molecular complexity index is 1180. The van der Waals surface area contributed by atoms with Gasteiger partial charge in [0.05, 0.1) is 11.6 Å². The molecule has 0 unspecified atom stereocenters. The van der Waals surface area contributed by atoms with Gasteiger partial charge in [0.1, 0.15) is 10.9 Å². The highest BCUT2D eigenvalue weighted by Crippen LogP contribution is 2.32. The maximum atomic E-state index is 13.3. The first-order chi connectivity index (χ1) is 16.7. The van der Waals surface area contributed by atoms with Crippen molar-refractivity contribution in [2.45, 2.75) is 56.4 Å². The number of halogens is 2. The van der Waals surface area contributed by atoms with Crippen LogP contribution in [-0.2, 0) is 19.6 Å². The van der Waals surface area contributed by atoms with Crippen LogP contribution in [0.4, 0.5) is 5.13 Å². The van der Waals surface area contributed by atoms with Gasteiger partial charge in [0.25, 0.3) is 0 Å². The summed E-state index contributed by atoms with van der Waals surface area (Å²) in [6.07, 6.45) is 7.64. The summed E-state index contributed by atoms with van der Waals surface area (Å²) in [5.74, 6) is -0.343. The lowest BCUT2D eigenvalue weighted by Crippen LogP contribution is -2.58. The number of carbonyl (C=O) groups excluding carboxylic acids is 2. The maximum Gasteiger partial charge on any atom is 0.248 e. The van der Waals surface area contributed by atoms with Crippen LogP contribution < -0.4 is 5.32 Å². The molecule has 1 aromatic carbocycles. The number of piperazine rings is 1. The molecule has 2 amide bonds.